The molecule has 23 heavy (non-hydrogen) atoms. The molecule has 8 heteroatoms. The van der Waals surface area contributed by atoms with Gasteiger partial charge in [0.15, 0.2) is 0 Å². The highest BCUT2D eigenvalue weighted by atomic mass is 19.4. The average Bonchev–Trinajstić information content (AvgIpc) is 3.20. The Balaban J connectivity index is 1.81. The second-order valence-electron chi connectivity index (χ2n) is 5.24. The van der Waals surface area contributed by atoms with Crippen LogP contribution in [0.1, 0.15) is 18.4 Å². The smallest absolute Gasteiger partial charge is 0.342 e. The molecule has 1 fully saturated rings. The van der Waals surface area contributed by atoms with Gasteiger partial charge >= 0.3 is 6.18 Å². The molecule has 0 bridgehead atoms. The first kappa shape index (κ1) is 15.4. The second kappa shape index (κ2) is 6.31. The van der Waals surface area contributed by atoms with E-state index >= 15 is 0 Å². The summed E-state index contributed by atoms with van der Waals surface area (Å²) in [7, 11) is 0. The van der Waals surface area contributed by atoms with Crippen LogP contribution in [0.4, 0.5) is 24.8 Å². The molecule has 0 aliphatic carbocycles. The summed E-state index contributed by atoms with van der Waals surface area (Å²) in [6.07, 6.45) is 1.05. The van der Waals surface area contributed by atoms with Gasteiger partial charge in [-0.05, 0) is 37.1 Å². The van der Waals surface area contributed by atoms with E-state index in [0.717, 1.165) is 38.1 Å². The number of benzene rings is 1. The van der Waals surface area contributed by atoms with Crippen LogP contribution in [0, 0.1) is 0 Å². The third-order valence-corrected chi connectivity index (χ3v) is 3.57. The maximum Gasteiger partial charge on any atom is 0.416 e. The monoisotopic (exact) mass is 323 g/mol. The van der Waals surface area contributed by atoms with E-state index in [-0.39, 0.29) is 0 Å². The van der Waals surface area contributed by atoms with Crippen molar-refractivity contribution in [3.63, 3.8) is 0 Å². The number of aliphatic imine (C=N–C) groups is 1. The van der Waals surface area contributed by atoms with Crippen molar-refractivity contribution in [1.29, 1.82) is 0 Å². The van der Waals surface area contributed by atoms with Gasteiger partial charge in [0.25, 0.3) is 0 Å². The quantitative estimate of drug-likeness (QED) is 0.655. The average molecular weight is 323 g/mol. The van der Waals surface area contributed by atoms with E-state index in [1.807, 2.05) is 0 Å². The number of nitrogens with zero attached hydrogens (tertiary/aromatic N) is 3. The summed E-state index contributed by atoms with van der Waals surface area (Å²) in [4.78, 5) is 13.4. The molecule has 1 aromatic carbocycles. The fraction of sp³-hybridized carbons (Fsp3) is 0.333. The van der Waals surface area contributed by atoms with E-state index in [4.69, 9.17) is 0 Å². The van der Waals surface area contributed by atoms with Gasteiger partial charge in [-0.1, -0.05) is 0 Å². The first-order valence-corrected chi connectivity index (χ1v) is 7.30. The number of aromatic nitrogens is 2. The highest BCUT2D eigenvalue weighted by Gasteiger charge is 2.30. The lowest BCUT2D eigenvalue weighted by molar-refractivity contribution is -0.137. The molecule has 1 saturated heterocycles. The molecule has 0 amide bonds. The summed E-state index contributed by atoms with van der Waals surface area (Å²) in [5, 5.41) is 3.09. The molecule has 1 aliphatic heterocycles. The molecule has 1 aliphatic rings. The van der Waals surface area contributed by atoms with Crippen molar-refractivity contribution >= 4 is 17.6 Å². The highest BCUT2D eigenvalue weighted by molar-refractivity contribution is 5.95. The van der Waals surface area contributed by atoms with Crippen LogP contribution in [0.2, 0.25) is 0 Å². The van der Waals surface area contributed by atoms with E-state index in [1.54, 1.807) is 12.4 Å². The molecule has 0 atom stereocenters. The van der Waals surface area contributed by atoms with Crippen molar-refractivity contribution in [3.05, 3.63) is 42.2 Å². The van der Waals surface area contributed by atoms with Crippen LogP contribution in [-0.4, -0.2) is 33.9 Å². The fourth-order valence-electron chi connectivity index (χ4n) is 2.40. The molecule has 122 valence electrons. The highest BCUT2D eigenvalue weighted by Crippen LogP contribution is 2.30. The van der Waals surface area contributed by atoms with Crippen molar-refractivity contribution in [1.82, 2.24) is 14.9 Å². The number of halogens is 3. The summed E-state index contributed by atoms with van der Waals surface area (Å²) in [6.45, 7) is 1.71. The second-order valence-corrected chi connectivity index (χ2v) is 5.24. The van der Waals surface area contributed by atoms with E-state index < -0.39 is 11.7 Å². The molecule has 2 N–H and O–H groups in total. The zero-order valence-corrected chi connectivity index (χ0v) is 12.3. The van der Waals surface area contributed by atoms with Crippen LogP contribution in [0.15, 0.2) is 41.7 Å². The molecule has 2 heterocycles. The topological polar surface area (TPSA) is 56.3 Å². The maximum absolute atomic E-state index is 12.6. The Labute approximate surface area is 131 Å². The van der Waals surface area contributed by atoms with Crippen LogP contribution in [0.3, 0.4) is 0 Å². The molecule has 5 nitrogen and oxygen atoms in total. The van der Waals surface area contributed by atoms with Crippen LogP contribution >= 0.6 is 0 Å². The minimum absolute atomic E-state index is 0.450. The van der Waals surface area contributed by atoms with Gasteiger partial charge in [0.2, 0.25) is 11.9 Å². The maximum atomic E-state index is 12.6. The number of likely N-dealkylation sites (tertiary alicyclic amines) is 1. The van der Waals surface area contributed by atoms with Crippen molar-refractivity contribution in [2.45, 2.75) is 19.0 Å². The third-order valence-electron chi connectivity index (χ3n) is 3.57. The van der Waals surface area contributed by atoms with Gasteiger partial charge in [-0.15, -0.1) is 0 Å². The lowest BCUT2D eigenvalue weighted by atomic mass is 10.2. The SMILES string of the molecule is FC(F)(F)c1ccc(NC(=Nc2ncc[nH]2)N2CCCC2)cc1. The molecular weight excluding hydrogens is 307 g/mol. The van der Waals surface area contributed by atoms with Gasteiger partial charge in [-0.25, -0.2) is 4.98 Å². The van der Waals surface area contributed by atoms with Gasteiger partial charge in [0.05, 0.1) is 5.56 Å². The Morgan fingerprint density at radius 2 is 1.87 bits per heavy atom. The van der Waals surface area contributed by atoms with Crippen LogP contribution in [-0.2, 0) is 6.18 Å². The van der Waals surface area contributed by atoms with Crippen molar-refractivity contribution in [2.24, 2.45) is 4.99 Å². The zero-order chi connectivity index (χ0) is 16.3. The fourth-order valence-corrected chi connectivity index (χ4v) is 2.40. The largest absolute Gasteiger partial charge is 0.416 e. The van der Waals surface area contributed by atoms with E-state index in [1.165, 1.54) is 12.1 Å². The summed E-state index contributed by atoms with van der Waals surface area (Å²) in [5.41, 5.74) is -0.121. The predicted octanol–water partition coefficient (Wildman–Crippen LogP) is 3.62. The minimum atomic E-state index is -4.33. The van der Waals surface area contributed by atoms with Gasteiger partial charge in [-0.3, -0.25) is 0 Å². The number of nitrogens with one attached hydrogen (secondary N) is 2. The van der Waals surface area contributed by atoms with Crippen molar-refractivity contribution in [2.75, 3.05) is 18.4 Å². The number of imidazole rings is 1. The molecule has 2 aromatic rings. The lowest BCUT2D eigenvalue weighted by Gasteiger charge is -2.21. The normalized spacial score (nSPS) is 16.0. The lowest BCUT2D eigenvalue weighted by Crippen LogP contribution is -2.33. The standard InChI is InChI=1S/C15H16F3N5/c16-15(17,18)11-3-5-12(6-4-11)21-14(23-9-1-2-10-23)22-13-19-7-8-20-13/h3-8H,1-2,9-10H2,(H2,19,20,21,22). The Hall–Kier alpha value is -2.51. The van der Waals surface area contributed by atoms with Crippen LogP contribution in [0.5, 0.6) is 0 Å². The first-order valence-electron chi connectivity index (χ1n) is 7.30. The molecule has 0 spiro atoms. The number of H-pyrrole nitrogens is 1. The zero-order valence-electron chi connectivity index (χ0n) is 12.3. The number of alkyl halides is 3. The number of hydrogen-bond donors (Lipinski definition) is 2. The number of aromatic amines is 1. The number of hydrogen-bond acceptors (Lipinski definition) is 2. The van der Waals surface area contributed by atoms with Gasteiger partial charge in [0, 0.05) is 31.2 Å². The Morgan fingerprint density at radius 3 is 2.43 bits per heavy atom. The molecular formula is C15H16F3N5. The number of guanidine groups is 1. The van der Waals surface area contributed by atoms with Gasteiger partial charge in [-0.2, -0.15) is 18.2 Å². The summed E-state index contributed by atoms with van der Waals surface area (Å²) in [6, 6.07) is 4.90. The summed E-state index contributed by atoms with van der Waals surface area (Å²) >= 11 is 0. The Morgan fingerprint density at radius 1 is 1.17 bits per heavy atom. The Kier molecular flexibility index (Phi) is 4.22. The molecule has 0 saturated carbocycles. The Bertz CT molecular complexity index is 655. The molecule has 1 aromatic heterocycles. The van der Waals surface area contributed by atoms with E-state index in [2.05, 4.69) is 25.2 Å². The van der Waals surface area contributed by atoms with Gasteiger partial charge < -0.3 is 15.2 Å². The number of rotatable bonds is 2. The molecule has 3 rings (SSSR count). The van der Waals surface area contributed by atoms with Crippen LogP contribution in [0.25, 0.3) is 0 Å². The summed E-state index contributed by atoms with van der Waals surface area (Å²) in [5.74, 6) is 1.03. The summed E-state index contributed by atoms with van der Waals surface area (Å²) < 4.78 is 37.8. The van der Waals surface area contributed by atoms with Crippen molar-refractivity contribution < 1.29 is 13.2 Å². The van der Waals surface area contributed by atoms with Gasteiger partial charge in [0.1, 0.15) is 0 Å². The van der Waals surface area contributed by atoms with E-state index in [0.29, 0.717) is 17.6 Å². The van der Waals surface area contributed by atoms with E-state index in [9.17, 15) is 13.2 Å². The molecule has 0 radical (unpaired) electrons. The van der Waals surface area contributed by atoms with Crippen molar-refractivity contribution in [3.8, 4) is 0 Å². The minimum Gasteiger partial charge on any atom is -0.342 e. The van der Waals surface area contributed by atoms with Crippen LogP contribution < -0.4 is 5.32 Å². The molecule has 0 unspecified atom stereocenters. The predicted molar refractivity (Wildman–Crippen MR) is 81.6 cm³/mol. The first-order chi connectivity index (χ1) is 11.0. The third kappa shape index (κ3) is 3.82. The number of anilines is 1.